The van der Waals surface area contributed by atoms with Crippen molar-refractivity contribution in [2.45, 2.75) is 33.2 Å². The number of amides is 1. The Hall–Kier alpha value is -0.870. The van der Waals surface area contributed by atoms with Gasteiger partial charge in [-0.15, -0.1) is 0 Å². The summed E-state index contributed by atoms with van der Waals surface area (Å²) in [5.74, 6) is 0.141. The van der Waals surface area contributed by atoms with E-state index in [1.54, 1.807) is 0 Å². The van der Waals surface area contributed by atoms with E-state index >= 15 is 0 Å². The maximum Gasteiger partial charge on any atom is 0.254 e. The van der Waals surface area contributed by atoms with Crippen molar-refractivity contribution < 1.29 is 4.79 Å². The Kier molecular flexibility index (Phi) is 4.02. The molecule has 0 radical (unpaired) electrons. The van der Waals surface area contributed by atoms with Crippen molar-refractivity contribution in [2.75, 3.05) is 19.6 Å². The predicted molar refractivity (Wildman–Crippen MR) is 81.6 cm³/mol. The second kappa shape index (κ2) is 5.25. The minimum absolute atomic E-state index is 0.00772. The van der Waals surface area contributed by atoms with Crippen LogP contribution in [0.15, 0.2) is 16.6 Å². The van der Waals surface area contributed by atoms with Gasteiger partial charge in [0.15, 0.2) is 0 Å². The van der Waals surface area contributed by atoms with Gasteiger partial charge in [-0.25, -0.2) is 0 Å². The van der Waals surface area contributed by atoms with Gasteiger partial charge in [-0.1, -0.05) is 15.9 Å². The maximum atomic E-state index is 12.7. The number of benzene rings is 1. The highest BCUT2D eigenvalue weighted by Crippen LogP contribution is 2.23. The fourth-order valence-corrected chi connectivity index (χ4v) is 2.95. The molecule has 0 atom stereocenters. The topological polar surface area (TPSA) is 32.3 Å². The third-order valence-electron chi connectivity index (χ3n) is 3.59. The quantitative estimate of drug-likeness (QED) is 0.861. The standard InChI is InChI=1S/C15H21BrN2O/c1-10-8-13(16)11(2)7-12(10)14(19)18-6-5-17-15(3,4)9-18/h7-8,17H,5-6,9H2,1-4H3. The highest BCUT2D eigenvalue weighted by atomic mass is 79.9. The van der Waals surface area contributed by atoms with Gasteiger partial charge < -0.3 is 10.2 Å². The number of rotatable bonds is 1. The van der Waals surface area contributed by atoms with Crippen LogP contribution in [0.1, 0.15) is 35.3 Å². The lowest BCUT2D eigenvalue weighted by Crippen LogP contribution is -2.58. The Bertz CT molecular complexity index is 511. The van der Waals surface area contributed by atoms with Crippen LogP contribution in [0.2, 0.25) is 0 Å². The molecule has 0 aromatic heterocycles. The highest BCUT2D eigenvalue weighted by molar-refractivity contribution is 9.10. The van der Waals surface area contributed by atoms with Gasteiger partial charge in [-0.05, 0) is 51.0 Å². The summed E-state index contributed by atoms with van der Waals surface area (Å²) in [6.07, 6.45) is 0. The fraction of sp³-hybridized carbons (Fsp3) is 0.533. The third kappa shape index (κ3) is 3.18. The van der Waals surface area contributed by atoms with Crippen LogP contribution in [0.5, 0.6) is 0 Å². The molecule has 1 heterocycles. The average Bonchev–Trinajstić information content (AvgIpc) is 2.31. The van der Waals surface area contributed by atoms with Gasteiger partial charge in [0.05, 0.1) is 0 Å². The monoisotopic (exact) mass is 324 g/mol. The molecule has 1 aromatic rings. The Morgan fingerprint density at radius 2 is 2.00 bits per heavy atom. The van der Waals surface area contributed by atoms with E-state index in [0.29, 0.717) is 0 Å². The van der Waals surface area contributed by atoms with Crippen LogP contribution in [0.3, 0.4) is 0 Å². The molecule has 1 saturated heterocycles. The molecule has 0 aliphatic carbocycles. The first-order chi connectivity index (χ1) is 8.80. The van der Waals surface area contributed by atoms with E-state index in [2.05, 4.69) is 35.1 Å². The molecule has 1 aliphatic heterocycles. The zero-order chi connectivity index (χ0) is 14.2. The Morgan fingerprint density at radius 3 is 2.63 bits per heavy atom. The molecule has 0 saturated carbocycles. The van der Waals surface area contributed by atoms with Crippen molar-refractivity contribution >= 4 is 21.8 Å². The summed E-state index contributed by atoms with van der Waals surface area (Å²) in [5, 5.41) is 3.43. The number of piperazine rings is 1. The zero-order valence-corrected chi connectivity index (χ0v) is 13.6. The van der Waals surface area contributed by atoms with E-state index < -0.39 is 0 Å². The number of aryl methyl sites for hydroxylation is 2. The van der Waals surface area contributed by atoms with E-state index in [4.69, 9.17) is 0 Å². The molecule has 19 heavy (non-hydrogen) atoms. The van der Waals surface area contributed by atoms with E-state index in [9.17, 15) is 4.79 Å². The SMILES string of the molecule is Cc1cc(C(=O)N2CCNC(C)(C)C2)c(C)cc1Br. The number of halogens is 1. The molecule has 1 aromatic carbocycles. The van der Waals surface area contributed by atoms with Crippen molar-refractivity contribution in [1.82, 2.24) is 10.2 Å². The average molecular weight is 325 g/mol. The van der Waals surface area contributed by atoms with Gasteiger partial charge in [0, 0.05) is 35.2 Å². The summed E-state index contributed by atoms with van der Waals surface area (Å²) < 4.78 is 1.06. The number of carbonyl (C=O) groups excluding carboxylic acids is 1. The predicted octanol–water partition coefficient (Wildman–Crippen LogP) is 2.89. The van der Waals surface area contributed by atoms with E-state index in [0.717, 1.165) is 40.8 Å². The van der Waals surface area contributed by atoms with Gasteiger partial charge in [0.25, 0.3) is 5.91 Å². The fourth-order valence-electron chi connectivity index (χ4n) is 2.50. The molecule has 1 N–H and O–H groups in total. The number of nitrogens with zero attached hydrogens (tertiary/aromatic N) is 1. The summed E-state index contributed by atoms with van der Waals surface area (Å²) in [7, 11) is 0. The number of nitrogens with one attached hydrogen (secondary N) is 1. The maximum absolute atomic E-state index is 12.7. The van der Waals surface area contributed by atoms with E-state index in [1.165, 1.54) is 0 Å². The first-order valence-electron chi connectivity index (χ1n) is 6.61. The van der Waals surface area contributed by atoms with E-state index in [-0.39, 0.29) is 11.4 Å². The van der Waals surface area contributed by atoms with Crippen molar-refractivity contribution in [3.63, 3.8) is 0 Å². The lowest BCUT2D eigenvalue weighted by atomic mass is 9.99. The molecule has 104 valence electrons. The van der Waals surface area contributed by atoms with Crippen LogP contribution in [0.25, 0.3) is 0 Å². The second-order valence-corrected chi connectivity index (χ2v) is 6.81. The molecule has 0 bridgehead atoms. The smallest absolute Gasteiger partial charge is 0.254 e. The second-order valence-electron chi connectivity index (χ2n) is 5.95. The number of hydrogen-bond acceptors (Lipinski definition) is 2. The minimum Gasteiger partial charge on any atom is -0.336 e. The summed E-state index contributed by atoms with van der Waals surface area (Å²) in [5.41, 5.74) is 2.94. The lowest BCUT2D eigenvalue weighted by molar-refractivity contribution is 0.0651. The van der Waals surface area contributed by atoms with Crippen LogP contribution < -0.4 is 5.32 Å². The van der Waals surface area contributed by atoms with Gasteiger partial charge in [-0.3, -0.25) is 4.79 Å². The Morgan fingerprint density at radius 1 is 1.32 bits per heavy atom. The van der Waals surface area contributed by atoms with Crippen molar-refractivity contribution in [3.05, 3.63) is 33.3 Å². The van der Waals surface area contributed by atoms with Crippen molar-refractivity contribution in [1.29, 1.82) is 0 Å². The van der Waals surface area contributed by atoms with Crippen molar-refractivity contribution in [3.8, 4) is 0 Å². The third-order valence-corrected chi connectivity index (χ3v) is 4.45. The van der Waals surface area contributed by atoms with Crippen LogP contribution in [0, 0.1) is 13.8 Å². The molecule has 2 rings (SSSR count). The van der Waals surface area contributed by atoms with Crippen molar-refractivity contribution in [2.24, 2.45) is 0 Å². The Balaban J connectivity index is 2.27. The van der Waals surface area contributed by atoms with Gasteiger partial charge >= 0.3 is 0 Å². The summed E-state index contributed by atoms with van der Waals surface area (Å²) in [4.78, 5) is 14.6. The van der Waals surface area contributed by atoms with Gasteiger partial charge in [0.1, 0.15) is 0 Å². The van der Waals surface area contributed by atoms with Crippen LogP contribution in [-0.4, -0.2) is 36.0 Å². The first-order valence-corrected chi connectivity index (χ1v) is 7.40. The molecule has 0 unspecified atom stereocenters. The summed E-state index contributed by atoms with van der Waals surface area (Å²) >= 11 is 3.51. The minimum atomic E-state index is -0.00772. The number of carbonyl (C=O) groups is 1. The van der Waals surface area contributed by atoms with Gasteiger partial charge in [0.2, 0.25) is 0 Å². The largest absolute Gasteiger partial charge is 0.336 e. The summed E-state index contributed by atoms with van der Waals surface area (Å²) in [6, 6.07) is 4.01. The highest BCUT2D eigenvalue weighted by Gasteiger charge is 2.29. The molecular formula is C15H21BrN2O. The molecule has 1 amide bonds. The lowest BCUT2D eigenvalue weighted by Gasteiger charge is -2.39. The first kappa shape index (κ1) is 14.5. The van der Waals surface area contributed by atoms with Crippen LogP contribution in [-0.2, 0) is 0 Å². The molecule has 1 aliphatic rings. The molecule has 3 nitrogen and oxygen atoms in total. The van der Waals surface area contributed by atoms with E-state index in [1.807, 2.05) is 30.9 Å². The molecule has 4 heteroatoms. The summed E-state index contributed by atoms with van der Waals surface area (Å²) in [6.45, 7) is 10.6. The van der Waals surface area contributed by atoms with Crippen LogP contribution in [0.4, 0.5) is 0 Å². The number of hydrogen-bond donors (Lipinski definition) is 1. The normalized spacial score (nSPS) is 18.5. The molecular weight excluding hydrogens is 304 g/mol. The molecule has 1 fully saturated rings. The van der Waals surface area contributed by atoms with Gasteiger partial charge in [-0.2, -0.15) is 0 Å². The molecule has 0 spiro atoms. The Labute approximate surface area is 123 Å². The van der Waals surface area contributed by atoms with Crippen LogP contribution >= 0.6 is 15.9 Å². The zero-order valence-electron chi connectivity index (χ0n) is 12.0.